The highest BCUT2D eigenvalue weighted by Gasteiger charge is 2.34. The van der Waals surface area contributed by atoms with Crippen LogP contribution in [0.1, 0.15) is 10.4 Å². The Labute approximate surface area is 190 Å². The van der Waals surface area contributed by atoms with Gasteiger partial charge in [-0.25, -0.2) is 0 Å². The van der Waals surface area contributed by atoms with Crippen molar-refractivity contribution in [3.05, 3.63) is 62.7 Å². The van der Waals surface area contributed by atoms with Gasteiger partial charge in [-0.2, -0.15) is 0 Å². The maximum Gasteiger partial charge on any atom is 0.252 e. The molecule has 0 aliphatic heterocycles. The van der Waals surface area contributed by atoms with Gasteiger partial charge in [-0.1, -0.05) is 46.4 Å². The molecule has 0 unspecified atom stereocenters. The molecule has 4 nitrogen and oxygen atoms in total. The van der Waals surface area contributed by atoms with E-state index in [2.05, 4.69) is 38.5 Å². The molecule has 26 heavy (non-hydrogen) atoms. The van der Waals surface area contributed by atoms with Crippen LogP contribution in [0.25, 0.3) is 0 Å². The number of benzene rings is 2. The van der Waals surface area contributed by atoms with Crippen LogP contribution in [-0.4, -0.2) is 21.0 Å². The Bertz CT molecular complexity index is 782. The minimum absolute atomic E-state index is 0.173. The van der Waals surface area contributed by atoms with Gasteiger partial charge in [-0.15, -0.1) is 0 Å². The van der Waals surface area contributed by atoms with Crippen molar-refractivity contribution >= 4 is 97.9 Å². The molecule has 0 aliphatic carbocycles. The zero-order valence-electron chi connectivity index (χ0n) is 12.9. The van der Waals surface area contributed by atoms with Crippen molar-refractivity contribution in [3.63, 3.8) is 0 Å². The second-order valence-corrected chi connectivity index (χ2v) is 9.52. The third kappa shape index (κ3) is 6.90. The molecule has 1 amide bonds. The lowest BCUT2D eigenvalue weighted by Gasteiger charge is -2.27. The first kappa shape index (κ1) is 21.8. The third-order valence-corrected chi connectivity index (χ3v) is 4.93. The summed E-state index contributed by atoms with van der Waals surface area (Å²) in [4.78, 5) is 12.4. The van der Waals surface area contributed by atoms with Gasteiger partial charge in [-0.3, -0.25) is 4.79 Å². The predicted octanol–water partition coefficient (Wildman–Crippen LogP) is 5.36. The van der Waals surface area contributed by atoms with Crippen LogP contribution in [0.5, 0.6) is 0 Å². The molecule has 0 spiro atoms. The Morgan fingerprint density at radius 3 is 2.12 bits per heavy atom. The summed E-state index contributed by atoms with van der Waals surface area (Å²) < 4.78 is -0.825. The van der Waals surface area contributed by atoms with Gasteiger partial charge < -0.3 is 16.0 Å². The molecule has 2 aromatic rings. The SMILES string of the molecule is O=C(N[C@@H](NC(=S)Nc1ccc(Cl)cc1)C(Cl)(Cl)Cl)c1ccc(I)cc1. The molecule has 0 aromatic heterocycles. The fourth-order valence-electron chi connectivity index (χ4n) is 1.85. The Morgan fingerprint density at radius 2 is 1.58 bits per heavy atom. The third-order valence-electron chi connectivity index (χ3n) is 3.09. The second-order valence-electron chi connectivity index (χ2n) is 5.06. The van der Waals surface area contributed by atoms with E-state index in [1.165, 1.54) is 0 Å². The van der Waals surface area contributed by atoms with E-state index < -0.39 is 15.9 Å². The number of hydrogen-bond acceptors (Lipinski definition) is 2. The van der Waals surface area contributed by atoms with Crippen molar-refractivity contribution in [2.45, 2.75) is 9.96 Å². The Kier molecular flexibility index (Phi) is 8.06. The van der Waals surface area contributed by atoms with Crippen LogP contribution < -0.4 is 16.0 Å². The van der Waals surface area contributed by atoms with Gasteiger partial charge in [0, 0.05) is 19.8 Å². The van der Waals surface area contributed by atoms with Gasteiger partial charge in [-0.05, 0) is 83.3 Å². The van der Waals surface area contributed by atoms with Gasteiger partial charge in [0.05, 0.1) is 0 Å². The van der Waals surface area contributed by atoms with Crippen molar-refractivity contribution in [3.8, 4) is 0 Å². The number of nitrogens with one attached hydrogen (secondary N) is 3. The van der Waals surface area contributed by atoms with Crippen LogP contribution in [0.2, 0.25) is 5.02 Å². The molecule has 0 saturated carbocycles. The van der Waals surface area contributed by atoms with E-state index in [9.17, 15) is 4.79 Å². The van der Waals surface area contributed by atoms with Crippen molar-refractivity contribution in [2.24, 2.45) is 0 Å². The molecule has 3 N–H and O–H groups in total. The van der Waals surface area contributed by atoms with Crippen LogP contribution in [0.3, 0.4) is 0 Å². The van der Waals surface area contributed by atoms with E-state index in [1.54, 1.807) is 48.5 Å². The lowest BCUT2D eigenvalue weighted by atomic mass is 10.2. The molecule has 0 heterocycles. The summed E-state index contributed by atoms with van der Waals surface area (Å²) in [6.45, 7) is 0. The van der Waals surface area contributed by atoms with Gasteiger partial charge in [0.15, 0.2) is 5.11 Å². The fraction of sp³-hybridized carbons (Fsp3) is 0.125. The number of amides is 1. The summed E-state index contributed by atoms with van der Waals surface area (Å²) >= 11 is 31.1. The standard InChI is InChI=1S/C16H12Cl4IN3OS/c17-10-3-7-12(8-4-10)22-15(26)24-14(16(18,19)20)23-13(25)9-1-5-11(21)6-2-9/h1-8,14H,(H,23,25)(H2,22,24,26)/t14-/m0/s1. The summed E-state index contributed by atoms with van der Waals surface area (Å²) in [6, 6.07) is 13.9. The van der Waals surface area contributed by atoms with Gasteiger partial charge in [0.1, 0.15) is 6.17 Å². The zero-order chi connectivity index (χ0) is 19.3. The molecular weight excluding hydrogens is 551 g/mol. The van der Waals surface area contributed by atoms with Crippen molar-refractivity contribution in [1.29, 1.82) is 0 Å². The number of anilines is 1. The molecule has 0 aliphatic rings. The molecule has 0 radical (unpaired) electrons. The van der Waals surface area contributed by atoms with Crippen LogP contribution in [0, 0.1) is 3.57 Å². The minimum atomic E-state index is -1.83. The zero-order valence-corrected chi connectivity index (χ0v) is 18.9. The average Bonchev–Trinajstić information content (AvgIpc) is 2.56. The van der Waals surface area contributed by atoms with Crippen LogP contribution in [-0.2, 0) is 0 Å². The minimum Gasteiger partial charge on any atom is -0.339 e. The largest absolute Gasteiger partial charge is 0.339 e. The number of halogens is 5. The van der Waals surface area contributed by atoms with Crippen LogP contribution in [0.4, 0.5) is 5.69 Å². The molecule has 10 heteroatoms. The van der Waals surface area contributed by atoms with Gasteiger partial charge in [0.25, 0.3) is 5.91 Å². The average molecular weight is 563 g/mol. The van der Waals surface area contributed by atoms with E-state index in [0.717, 1.165) is 3.57 Å². The summed E-state index contributed by atoms with van der Waals surface area (Å²) in [6.07, 6.45) is -1.05. The van der Waals surface area contributed by atoms with E-state index >= 15 is 0 Å². The smallest absolute Gasteiger partial charge is 0.252 e. The first-order valence-electron chi connectivity index (χ1n) is 7.11. The first-order valence-corrected chi connectivity index (χ1v) is 10.1. The van der Waals surface area contributed by atoms with Crippen molar-refractivity contribution in [2.75, 3.05) is 5.32 Å². The lowest BCUT2D eigenvalue weighted by Crippen LogP contribution is -2.56. The fourth-order valence-corrected chi connectivity index (χ4v) is 2.90. The molecular formula is C16H12Cl4IN3OS. The Morgan fingerprint density at radius 1 is 1.00 bits per heavy atom. The molecule has 0 saturated heterocycles. The van der Waals surface area contributed by atoms with E-state index in [4.69, 9.17) is 58.6 Å². The maximum atomic E-state index is 12.4. The highest BCUT2D eigenvalue weighted by molar-refractivity contribution is 14.1. The quantitative estimate of drug-likeness (QED) is 0.203. The Hall–Kier alpha value is -0.510. The Balaban J connectivity index is 2.04. The molecule has 2 rings (SSSR count). The lowest BCUT2D eigenvalue weighted by molar-refractivity contribution is 0.0934. The summed E-state index contributed by atoms with van der Waals surface area (Å²) in [5.74, 6) is -0.403. The summed E-state index contributed by atoms with van der Waals surface area (Å²) in [7, 11) is 0. The van der Waals surface area contributed by atoms with E-state index in [-0.39, 0.29) is 5.11 Å². The number of carbonyl (C=O) groups is 1. The highest BCUT2D eigenvalue weighted by Crippen LogP contribution is 2.29. The van der Waals surface area contributed by atoms with E-state index in [1.807, 2.05) is 0 Å². The monoisotopic (exact) mass is 561 g/mol. The van der Waals surface area contributed by atoms with Gasteiger partial charge >= 0.3 is 0 Å². The van der Waals surface area contributed by atoms with Crippen LogP contribution >= 0.6 is 81.2 Å². The molecule has 0 bridgehead atoms. The highest BCUT2D eigenvalue weighted by atomic mass is 127. The number of carbonyl (C=O) groups excluding carboxylic acids is 1. The number of rotatable bonds is 4. The number of thiocarbonyl (C=S) groups is 1. The van der Waals surface area contributed by atoms with Gasteiger partial charge in [0.2, 0.25) is 3.79 Å². The summed E-state index contributed by atoms with van der Waals surface area (Å²) in [5.41, 5.74) is 1.13. The first-order chi connectivity index (χ1) is 12.1. The molecule has 2 aromatic carbocycles. The van der Waals surface area contributed by atoms with Crippen LogP contribution in [0.15, 0.2) is 48.5 Å². The number of hydrogen-bond donors (Lipinski definition) is 3. The molecule has 138 valence electrons. The molecule has 1 atom stereocenters. The van der Waals surface area contributed by atoms with Crippen molar-refractivity contribution in [1.82, 2.24) is 10.6 Å². The number of alkyl halides is 3. The second kappa shape index (κ2) is 9.61. The van der Waals surface area contributed by atoms with E-state index in [0.29, 0.717) is 16.3 Å². The normalized spacial score (nSPS) is 12.2. The van der Waals surface area contributed by atoms with Crippen molar-refractivity contribution < 1.29 is 4.79 Å². The summed E-state index contributed by atoms with van der Waals surface area (Å²) in [5, 5.41) is 9.11. The topological polar surface area (TPSA) is 53.2 Å². The maximum absolute atomic E-state index is 12.4. The molecule has 0 fully saturated rings. The predicted molar refractivity (Wildman–Crippen MR) is 122 cm³/mol.